The quantitative estimate of drug-likeness (QED) is 0.699. The molecule has 0 spiro atoms. The van der Waals surface area contributed by atoms with Crippen LogP contribution in [0.2, 0.25) is 5.02 Å². The predicted octanol–water partition coefficient (Wildman–Crippen LogP) is 2.67. The fourth-order valence-electron chi connectivity index (χ4n) is 1.66. The number of nitrogens with one attached hydrogen (secondary N) is 1. The van der Waals surface area contributed by atoms with E-state index in [0.29, 0.717) is 10.7 Å². The lowest BCUT2D eigenvalue weighted by molar-refractivity contribution is 0.941. The molecule has 1 N–H and O–H groups in total. The highest BCUT2D eigenvalue weighted by Crippen LogP contribution is 2.26. The Morgan fingerprint density at radius 1 is 1.19 bits per heavy atom. The normalized spacial score (nSPS) is 10.8. The van der Waals surface area contributed by atoms with Gasteiger partial charge in [0.1, 0.15) is 5.69 Å². The van der Waals surface area contributed by atoms with Crippen molar-refractivity contribution in [3.05, 3.63) is 41.7 Å². The molecule has 0 aliphatic carbocycles. The van der Waals surface area contributed by atoms with Gasteiger partial charge in [-0.25, -0.2) is 0 Å². The molecule has 0 aliphatic heterocycles. The van der Waals surface area contributed by atoms with Crippen LogP contribution in [0.25, 0.3) is 22.2 Å². The van der Waals surface area contributed by atoms with Crippen molar-refractivity contribution in [2.75, 3.05) is 0 Å². The number of benzene rings is 1. The summed E-state index contributed by atoms with van der Waals surface area (Å²) in [6.45, 7) is 0. The number of halogens is 1. The third kappa shape index (κ3) is 1.44. The number of pyridine rings is 1. The number of H-pyrrole nitrogens is 1. The van der Waals surface area contributed by atoms with Crippen LogP contribution in [0.15, 0.2) is 36.7 Å². The van der Waals surface area contributed by atoms with Gasteiger partial charge in [0.05, 0.1) is 11.9 Å². The third-order valence-corrected chi connectivity index (χ3v) is 2.62. The lowest BCUT2D eigenvalue weighted by Gasteiger charge is -2.02. The molecule has 0 amide bonds. The van der Waals surface area contributed by atoms with Crippen LogP contribution in [-0.2, 0) is 0 Å². The summed E-state index contributed by atoms with van der Waals surface area (Å²) < 4.78 is 0. The maximum atomic E-state index is 5.98. The number of fused-ring (bicyclic) bond motifs is 1. The molecule has 2 aromatic heterocycles. The van der Waals surface area contributed by atoms with Crippen LogP contribution in [0.4, 0.5) is 0 Å². The standard InChI is InChI=1S/C11H7ClN4/c12-8-2-1-7-3-4-13-11(9(7)5-8)10-6-14-16-15-10/h1-6H,(H,14,15,16). The zero-order valence-corrected chi connectivity index (χ0v) is 8.94. The molecule has 0 saturated heterocycles. The molecule has 16 heavy (non-hydrogen) atoms. The summed E-state index contributed by atoms with van der Waals surface area (Å²) in [4.78, 5) is 4.31. The fourth-order valence-corrected chi connectivity index (χ4v) is 1.83. The first-order valence-corrected chi connectivity index (χ1v) is 5.13. The number of aromatic amines is 1. The summed E-state index contributed by atoms with van der Waals surface area (Å²) in [6, 6.07) is 7.64. The lowest BCUT2D eigenvalue weighted by atomic mass is 10.1. The van der Waals surface area contributed by atoms with Gasteiger partial charge in [-0.15, -0.1) is 5.10 Å². The average Bonchev–Trinajstić information content (AvgIpc) is 2.81. The van der Waals surface area contributed by atoms with Gasteiger partial charge in [0.25, 0.3) is 0 Å². The van der Waals surface area contributed by atoms with Crippen molar-refractivity contribution >= 4 is 22.4 Å². The van der Waals surface area contributed by atoms with E-state index in [9.17, 15) is 0 Å². The first-order valence-electron chi connectivity index (χ1n) is 4.76. The molecule has 4 nitrogen and oxygen atoms in total. The molecule has 3 rings (SSSR count). The van der Waals surface area contributed by atoms with Crippen LogP contribution < -0.4 is 0 Å². The van der Waals surface area contributed by atoms with Crippen molar-refractivity contribution in [1.29, 1.82) is 0 Å². The Balaban J connectivity index is 2.36. The number of nitrogens with zero attached hydrogens (tertiary/aromatic N) is 3. The summed E-state index contributed by atoms with van der Waals surface area (Å²) >= 11 is 5.98. The van der Waals surface area contributed by atoms with Crippen molar-refractivity contribution in [1.82, 2.24) is 20.4 Å². The zero-order chi connectivity index (χ0) is 11.0. The minimum absolute atomic E-state index is 0.685. The Morgan fingerprint density at radius 3 is 2.94 bits per heavy atom. The van der Waals surface area contributed by atoms with E-state index in [2.05, 4.69) is 20.4 Å². The number of hydrogen-bond acceptors (Lipinski definition) is 3. The number of hydrogen-bond donors (Lipinski definition) is 1. The van der Waals surface area contributed by atoms with Crippen molar-refractivity contribution in [3.63, 3.8) is 0 Å². The van der Waals surface area contributed by atoms with E-state index in [4.69, 9.17) is 11.6 Å². The Labute approximate surface area is 96.3 Å². The summed E-state index contributed by atoms with van der Waals surface area (Å²) in [5.41, 5.74) is 1.50. The topological polar surface area (TPSA) is 54.5 Å². The largest absolute Gasteiger partial charge is 0.265 e. The van der Waals surface area contributed by atoms with E-state index < -0.39 is 0 Å². The summed E-state index contributed by atoms with van der Waals surface area (Å²) in [7, 11) is 0. The molecule has 0 bridgehead atoms. The van der Waals surface area contributed by atoms with E-state index in [-0.39, 0.29) is 0 Å². The molecular formula is C11H7ClN4. The van der Waals surface area contributed by atoms with E-state index in [1.165, 1.54) is 0 Å². The van der Waals surface area contributed by atoms with Crippen molar-refractivity contribution in [2.24, 2.45) is 0 Å². The molecule has 2 heterocycles. The lowest BCUT2D eigenvalue weighted by Crippen LogP contribution is -1.86. The maximum Gasteiger partial charge on any atom is 0.131 e. The Kier molecular flexibility index (Phi) is 2.08. The smallest absolute Gasteiger partial charge is 0.131 e. The molecule has 5 heteroatoms. The first kappa shape index (κ1) is 9.30. The molecule has 78 valence electrons. The van der Waals surface area contributed by atoms with Crippen LogP contribution in [0.3, 0.4) is 0 Å². The monoisotopic (exact) mass is 230 g/mol. The molecule has 0 atom stereocenters. The molecule has 0 aliphatic rings. The highest BCUT2D eigenvalue weighted by molar-refractivity contribution is 6.31. The molecular weight excluding hydrogens is 224 g/mol. The zero-order valence-electron chi connectivity index (χ0n) is 8.18. The van der Waals surface area contributed by atoms with Crippen LogP contribution in [0.1, 0.15) is 0 Å². The molecule has 0 saturated carbocycles. The second-order valence-electron chi connectivity index (χ2n) is 3.38. The Morgan fingerprint density at radius 2 is 2.12 bits per heavy atom. The second kappa shape index (κ2) is 3.57. The van der Waals surface area contributed by atoms with Gasteiger partial charge >= 0.3 is 0 Å². The Bertz CT molecular complexity index is 634. The van der Waals surface area contributed by atoms with Gasteiger partial charge in [-0.05, 0) is 23.6 Å². The van der Waals surface area contributed by atoms with Gasteiger partial charge in [-0.3, -0.25) is 10.1 Å². The van der Waals surface area contributed by atoms with Gasteiger partial charge in [0, 0.05) is 16.6 Å². The fraction of sp³-hybridized carbons (Fsp3) is 0. The number of rotatable bonds is 1. The molecule has 0 radical (unpaired) electrons. The van der Waals surface area contributed by atoms with E-state index in [1.807, 2.05) is 24.3 Å². The predicted molar refractivity (Wildman–Crippen MR) is 62.1 cm³/mol. The highest BCUT2D eigenvalue weighted by Gasteiger charge is 2.07. The number of aromatic nitrogens is 4. The van der Waals surface area contributed by atoms with Gasteiger partial charge in [0.15, 0.2) is 0 Å². The molecule has 0 unspecified atom stereocenters. The van der Waals surface area contributed by atoms with Crippen LogP contribution in [0.5, 0.6) is 0 Å². The average molecular weight is 231 g/mol. The van der Waals surface area contributed by atoms with Gasteiger partial charge in [-0.2, -0.15) is 0 Å². The SMILES string of the molecule is Clc1ccc2ccnc(-c3c[nH]nn3)c2c1. The molecule has 3 aromatic rings. The van der Waals surface area contributed by atoms with E-state index in [1.54, 1.807) is 12.4 Å². The van der Waals surface area contributed by atoms with Gasteiger partial charge in [-0.1, -0.05) is 22.9 Å². The van der Waals surface area contributed by atoms with Gasteiger partial charge in [0.2, 0.25) is 0 Å². The minimum atomic E-state index is 0.685. The minimum Gasteiger partial charge on any atom is -0.265 e. The summed E-state index contributed by atoms with van der Waals surface area (Å²) in [5, 5.41) is 13.1. The Hall–Kier alpha value is -1.94. The van der Waals surface area contributed by atoms with E-state index >= 15 is 0 Å². The molecule has 1 aromatic carbocycles. The maximum absolute atomic E-state index is 5.98. The van der Waals surface area contributed by atoms with Crippen molar-refractivity contribution in [3.8, 4) is 11.4 Å². The first-order chi connectivity index (χ1) is 7.84. The van der Waals surface area contributed by atoms with Crippen LogP contribution >= 0.6 is 11.6 Å². The third-order valence-electron chi connectivity index (χ3n) is 2.39. The van der Waals surface area contributed by atoms with Crippen molar-refractivity contribution in [2.45, 2.75) is 0 Å². The van der Waals surface area contributed by atoms with E-state index in [0.717, 1.165) is 16.5 Å². The summed E-state index contributed by atoms with van der Waals surface area (Å²) in [6.07, 6.45) is 3.46. The van der Waals surface area contributed by atoms with Crippen LogP contribution in [-0.4, -0.2) is 20.4 Å². The highest BCUT2D eigenvalue weighted by atomic mass is 35.5. The van der Waals surface area contributed by atoms with Crippen LogP contribution in [0, 0.1) is 0 Å². The van der Waals surface area contributed by atoms with Crippen molar-refractivity contribution < 1.29 is 0 Å². The second-order valence-corrected chi connectivity index (χ2v) is 3.82. The van der Waals surface area contributed by atoms with Gasteiger partial charge < -0.3 is 0 Å². The summed E-state index contributed by atoms with van der Waals surface area (Å²) in [5.74, 6) is 0. The molecule has 0 fully saturated rings.